The topological polar surface area (TPSA) is 12.0 Å². The Morgan fingerprint density at radius 2 is 2.00 bits per heavy atom. The predicted molar refractivity (Wildman–Crippen MR) is 79.2 cm³/mol. The van der Waals surface area contributed by atoms with E-state index in [9.17, 15) is 4.39 Å². The van der Waals surface area contributed by atoms with Gasteiger partial charge in [-0.3, -0.25) is 0 Å². The Labute approximate surface area is 118 Å². The van der Waals surface area contributed by atoms with Crippen LogP contribution in [0.15, 0.2) is 42.5 Å². The predicted octanol–water partition coefficient (Wildman–Crippen LogP) is 5.35. The van der Waals surface area contributed by atoms with E-state index < -0.39 is 0 Å². The van der Waals surface area contributed by atoms with Crippen LogP contribution in [0.5, 0.6) is 0 Å². The van der Waals surface area contributed by atoms with Gasteiger partial charge in [0.15, 0.2) is 0 Å². The normalized spacial score (nSPS) is 12.2. The van der Waals surface area contributed by atoms with Gasteiger partial charge in [0.05, 0.1) is 16.8 Å². The molecule has 2 rings (SSSR count). The van der Waals surface area contributed by atoms with E-state index in [1.54, 1.807) is 12.1 Å². The molecule has 2 aromatic rings. The molecule has 2 aromatic carbocycles. The molecule has 0 fully saturated rings. The first-order chi connectivity index (χ1) is 9.10. The molecular formula is C16H17ClFN. The summed E-state index contributed by atoms with van der Waals surface area (Å²) in [4.78, 5) is 0. The van der Waals surface area contributed by atoms with Crippen molar-refractivity contribution in [3.8, 4) is 0 Å². The first kappa shape index (κ1) is 13.9. The van der Waals surface area contributed by atoms with Crippen LogP contribution in [0, 0.1) is 12.7 Å². The van der Waals surface area contributed by atoms with Gasteiger partial charge < -0.3 is 5.32 Å². The highest BCUT2D eigenvalue weighted by Gasteiger charge is 2.11. The Morgan fingerprint density at radius 3 is 2.63 bits per heavy atom. The molecule has 0 bridgehead atoms. The molecule has 0 heterocycles. The third-order valence-corrected chi connectivity index (χ3v) is 3.43. The maximum Gasteiger partial charge on any atom is 0.123 e. The van der Waals surface area contributed by atoms with Gasteiger partial charge in [-0.15, -0.1) is 0 Å². The van der Waals surface area contributed by atoms with Crippen molar-refractivity contribution in [3.05, 3.63) is 64.4 Å². The lowest BCUT2D eigenvalue weighted by atomic mass is 10.0. The third kappa shape index (κ3) is 3.48. The highest BCUT2D eigenvalue weighted by molar-refractivity contribution is 6.33. The first-order valence-electron chi connectivity index (χ1n) is 6.38. The zero-order valence-corrected chi connectivity index (χ0v) is 11.8. The summed E-state index contributed by atoms with van der Waals surface area (Å²) in [5, 5.41) is 4.06. The van der Waals surface area contributed by atoms with Crippen LogP contribution in [0.1, 0.15) is 30.5 Å². The molecular weight excluding hydrogens is 261 g/mol. The summed E-state index contributed by atoms with van der Waals surface area (Å²) in [6.45, 7) is 4.06. The summed E-state index contributed by atoms with van der Waals surface area (Å²) in [6, 6.07) is 12.6. The Balaban J connectivity index is 2.24. The molecule has 1 unspecified atom stereocenters. The fraction of sp³-hybridized carbons (Fsp3) is 0.250. The number of benzene rings is 2. The van der Waals surface area contributed by atoms with Gasteiger partial charge >= 0.3 is 0 Å². The molecule has 1 nitrogen and oxygen atoms in total. The molecule has 0 saturated carbocycles. The average Bonchev–Trinajstić information content (AvgIpc) is 2.38. The first-order valence-corrected chi connectivity index (χ1v) is 6.76. The second-order valence-electron chi connectivity index (χ2n) is 4.64. The number of hydrogen-bond acceptors (Lipinski definition) is 1. The van der Waals surface area contributed by atoms with Crippen molar-refractivity contribution in [1.82, 2.24) is 0 Å². The molecule has 0 aliphatic heterocycles. The summed E-state index contributed by atoms with van der Waals surface area (Å²) < 4.78 is 13.3. The lowest BCUT2D eigenvalue weighted by Gasteiger charge is -2.20. The zero-order valence-electron chi connectivity index (χ0n) is 11.1. The number of hydrogen-bond donors (Lipinski definition) is 1. The highest BCUT2D eigenvalue weighted by Crippen LogP contribution is 2.28. The van der Waals surface area contributed by atoms with E-state index in [2.05, 4.69) is 12.2 Å². The molecule has 1 atom stereocenters. The third-order valence-electron chi connectivity index (χ3n) is 3.11. The molecule has 3 heteroatoms. The summed E-state index contributed by atoms with van der Waals surface area (Å²) in [7, 11) is 0. The van der Waals surface area contributed by atoms with Crippen molar-refractivity contribution in [2.75, 3.05) is 5.32 Å². The van der Waals surface area contributed by atoms with E-state index in [0.29, 0.717) is 5.02 Å². The summed E-state index contributed by atoms with van der Waals surface area (Å²) in [5.74, 6) is -0.215. The Morgan fingerprint density at radius 1 is 1.21 bits per heavy atom. The molecule has 0 aromatic heterocycles. The van der Waals surface area contributed by atoms with Gasteiger partial charge in [0.1, 0.15) is 5.82 Å². The number of aryl methyl sites for hydroxylation is 1. The van der Waals surface area contributed by atoms with Gasteiger partial charge in [0.2, 0.25) is 0 Å². The Bertz CT molecular complexity index is 568. The lowest BCUT2D eigenvalue weighted by Crippen LogP contribution is -2.10. The van der Waals surface area contributed by atoms with E-state index in [0.717, 1.165) is 23.2 Å². The maximum atomic E-state index is 13.3. The fourth-order valence-corrected chi connectivity index (χ4v) is 2.36. The van der Waals surface area contributed by atoms with Crippen LogP contribution >= 0.6 is 11.6 Å². The van der Waals surface area contributed by atoms with Crippen molar-refractivity contribution in [3.63, 3.8) is 0 Å². The molecule has 0 radical (unpaired) electrons. The van der Waals surface area contributed by atoms with Crippen LogP contribution in [0.2, 0.25) is 5.02 Å². The van der Waals surface area contributed by atoms with Crippen LogP contribution in [0.25, 0.3) is 0 Å². The lowest BCUT2D eigenvalue weighted by molar-refractivity contribution is 0.621. The van der Waals surface area contributed by atoms with Crippen LogP contribution in [-0.4, -0.2) is 0 Å². The Kier molecular flexibility index (Phi) is 4.43. The minimum Gasteiger partial charge on any atom is -0.377 e. The van der Waals surface area contributed by atoms with E-state index in [-0.39, 0.29) is 11.9 Å². The molecule has 1 N–H and O–H groups in total. The number of anilines is 1. The molecule has 0 amide bonds. The maximum absolute atomic E-state index is 13.3. The molecule has 0 aliphatic rings. The van der Waals surface area contributed by atoms with E-state index in [1.165, 1.54) is 6.07 Å². The van der Waals surface area contributed by atoms with Crippen LogP contribution in [-0.2, 0) is 0 Å². The molecule has 100 valence electrons. The monoisotopic (exact) mass is 277 g/mol. The molecule has 0 aliphatic carbocycles. The quantitative estimate of drug-likeness (QED) is 0.794. The standard InChI is InChI=1S/C16H17ClFN/c1-3-15(12-5-4-6-13(18)10-12)19-16-8-7-11(2)9-14(16)17/h4-10,15,19H,3H2,1-2H3. The fourth-order valence-electron chi connectivity index (χ4n) is 2.07. The summed E-state index contributed by atoms with van der Waals surface area (Å²) >= 11 is 6.21. The summed E-state index contributed by atoms with van der Waals surface area (Å²) in [6.07, 6.45) is 0.855. The molecule has 19 heavy (non-hydrogen) atoms. The Hall–Kier alpha value is -1.54. The van der Waals surface area contributed by atoms with Crippen molar-refractivity contribution in [2.24, 2.45) is 0 Å². The van der Waals surface area contributed by atoms with E-state index in [4.69, 9.17) is 11.6 Å². The highest BCUT2D eigenvalue weighted by atomic mass is 35.5. The second kappa shape index (κ2) is 6.07. The number of rotatable bonds is 4. The van der Waals surface area contributed by atoms with Gasteiger partial charge in [-0.1, -0.05) is 36.7 Å². The van der Waals surface area contributed by atoms with Gasteiger partial charge in [0.25, 0.3) is 0 Å². The van der Waals surface area contributed by atoms with Crippen molar-refractivity contribution in [2.45, 2.75) is 26.3 Å². The molecule has 0 saturated heterocycles. The minimum atomic E-state index is -0.215. The van der Waals surface area contributed by atoms with Crippen molar-refractivity contribution >= 4 is 17.3 Å². The smallest absolute Gasteiger partial charge is 0.123 e. The van der Waals surface area contributed by atoms with E-state index in [1.807, 2.05) is 31.2 Å². The SMILES string of the molecule is CCC(Nc1ccc(C)cc1Cl)c1cccc(F)c1. The average molecular weight is 278 g/mol. The van der Waals surface area contributed by atoms with Crippen molar-refractivity contribution in [1.29, 1.82) is 0 Å². The minimum absolute atomic E-state index is 0.0518. The number of halogens is 2. The van der Waals surface area contributed by atoms with Crippen LogP contribution in [0.3, 0.4) is 0 Å². The van der Waals surface area contributed by atoms with E-state index >= 15 is 0 Å². The largest absolute Gasteiger partial charge is 0.377 e. The van der Waals surface area contributed by atoms with Crippen molar-refractivity contribution < 1.29 is 4.39 Å². The van der Waals surface area contributed by atoms with Gasteiger partial charge in [-0.05, 0) is 48.7 Å². The summed E-state index contributed by atoms with van der Waals surface area (Å²) in [5.41, 5.74) is 2.93. The van der Waals surface area contributed by atoms with Gasteiger partial charge in [0, 0.05) is 0 Å². The van der Waals surface area contributed by atoms with Crippen LogP contribution in [0.4, 0.5) is 10.1 Å². The molecule has 0 spiro atoms. The van der Waals surface area contributed by atoms with Gasteiger partial charge in [-0.2, -0.15) is 0 Å². The van der Waals surface area contributed by atoms with Crippen LogP contribution < -0.4 is 5.32 Å². The number of nitrogens with one attached hydrogen (secondary N) is 1. The van der Waals surface area contributed by atoms with Gasteiger partial charge in [-0.25, -0.2) is 4.39 Å². The zero-order chi connectivity index (χ0) is 13.8. The second-order valence-corrected chi connectivity index (χ2v) is 5.05.